The van der Waals surface area contributed by atoms with Crippen LogP contribution in [-0.2, 0) is 6.18 Å². The first-order valence-corrected chi connectivity index (χ1v) is 9.34. The highest BCUT2D eigenvalue weighted by Gasteiger charge is 2.49. The van der Waals surface area contributed by atoms with Crippen LogP contribution in [0.3, 0.4) is 0 Å². The topological polar surface area (TPSA) is 80.2 Å². The Hall–Kier alpha value is -2.62. The van der Waals surface area contributed by atoms with Crippen molar-refractivity contribution in [3.8, 4) is 5.88 Å². The van der Waals surface area contributed by atoms with Crippen molar-refractivity contribution in [2.24, 2.45) is 0 Å². The molecule has 11 heteroatoms. The monoisotopic (exact) mass is 427 g/mol. The summed E-state index contributed by atoms with van der Waals surface area (Å²) in [7, 11) is 1.46. The average molecular weight is 428 g/mol. The van der Waals surface area contributed by atoms with E-state index in [1.165, 1.54) is 7.11 Å². The molecule has 2 aliphatic rings. The lowest BCUT2D eigenvalue weighted by Crippen LogP contribution is -2.40. The summed E-state index contributed by atoms with van der Waals surface area (Å²) in [6.07, 6.45) is -0.475. The van der Waals surface area contributed by atoms with Gasteiger partial charge in [0.2, 0.25) is 5.88 Å². The minimum absolute atomic E-state index is 0.0191. The number of nitrogens with one attached hydrogen (secondary N) is 1. The molecular formula is C18H17ClF3N5O2. The number of aromatic nitrogens is 3. The number of methoxy groups -OCH3 is 1. The van der Waals surface area contributed by atoms with Crippen LogP contribution in [0.1, 0.15) is 35.3 Å². The Balaban J connectivity index is 1.49. The van der Waals surface area contributed by atoms with E-state index in [2.05, 4.69) is 20.3 Å². The molecule has 2 bridgehead atoms. The second-order valence-electron chi connectivity index (χ2n) is 6.97. The number of hydrogen-bond acceptors (Lipinski definition) is 6. The summed E-state index contributed by atoms with van der Waals surface area (Å²) in [5, 5.41) is 3.18. The molecule has 4 heterocycles. The van der Waals surface area contributed by atoms with E-state index in [0.29, 0.717) is 24.1 Å². The number of hydrogen-bond donors (Lipinski definition) is 1. The summed E-state index contributed by atoms with van der Waals surface area (Å²) >= 11 is 6.15. The number of carbonyl (C=O) groups excluding carboxylic acids is 1. The second-order valence-corrected chi connectivity index (χ2v) is 7.33. The zero-order chi connectivity index (χ0) is 20.8. The molecule has 0 saturated carbocycles. The van der Waals surface area contributed by atoms with E-state index in [-0.39, 0.29) is 35.0 Å². The molecule has 0 spiro atoms. The lowest BCUT2D eigenvalue weighted by molar-refractivity contribution is -0.141. The Morgan fingerprint density at radius 3 is 2.69 bits per heavy atom. The highest BCUT2D eigenvalue weighted by Crippen LogP contribution is 2.40. The smallest absolute Gasteiger partial charge is 0.434 e. The maximum atomic E-state index is 13.1. The van der Waals surface area contributed by atoms with Crippen molar-refractivity contribution in [3.63, 3.8) is 0 Å². The minimum Gasteiger partial charge on any atom is -0.481 e. The third-order valence-corrected chi connectivity index (χ3v) is 5.60. The molecule has 2 aromatic rings. The number of fused-ring (bicyclic) bond motifs is 2. The van der Waals surface area contributed by atoms with Crippen molar-refractivity contribution < 1.29 is 22.7 Å². The fourth-order valence-electron chi connectivity index (χ4n) is 4.03. The van der Waals surface area contributed by atoms with E-state index in [0.717, 1.165) is 19.0 Å². The van der Waals surface area contributed by atoms with Crippen molar-refractivity contribution in [2.75, 3.05) is 12.4 Å². The number of nitrogens with zero attached hydrogens (tertiary/aromatic N) is 4. The van der Waals surface area contributed by atoms with Gasteiger partial charge < -0.3 is 15.0 Å². The van der Waals surface area contributed by atoms with Crippen molar-refractivity contribution in [1.29, 1.82) is 0 Å². The molecular weight excluding hydrogens is 411 g/mol. The Morgan fingerprint density at radius 1 is 1.28 bits per heavy atom. The first-order chi connectivity index (χ1) is 13.8. The lowest BCUT2D eigenvalue weighted by Gasteiger charge is -2.25. The van der Waals surface area contributed by atoms with Gasteiger partial charge in [0.05, 0.1) is 37.2 Å². The Morgan fingerprint density at radius 2 is 2.07 bits per heavy atom. The molecule has 2 fully saturated rings. The molecule has 0 aliphatic carbocycles. The number of alkyl halides is 3. The van der Waals surface area contributed by atoms with Crippen LogP contribution < -0.4 is 10.1 Å². The highest BCUT2D eigenvalue weighted by atomic mass is 35.5. The van der Waals surface area contributed by atoms with Gasteiger partial charge in [0, 0.05) is 12.1 Å². The molecule has 154 valence electrons. The zero-order valence-corrected chi connectivity index (χ0v) is 16.0. The molecule has 4 rings (SSSR count). The highest BCUT2D eigenvalue weighted by molar-refractivity contribution is 6.32. The van der Waals surface area contributed by atoms with Crippen LogP contribution in [0.2, 0.25) is 5.15 Å². The number of amides is 1. The Kier molecular flexibility index (Phi) is 4.97. The maximum Gasteiger partial charge on any atom is 0.434 e. The van der Waals surface area contributed by atoms with Crippen LogP contribution in [-0.4, -0.2) is 51.0 Å². The third kappa shape index (κ3) is 3.68. The first-order valence-electron chi connectivity index (χ1n) is 8.97. The first kappa shape index (κ1) is 19.7. The van der Waals surface area contributed by atoms with Crippen LogP contribution in [0, 0.1) is 0 Å². The van der Waals surface area contributed by atoms with Crippen molar-refractivity contribution in [3.05, 3.63) is 40.9 Å². The van der Waals surface area contributed by atoms with E-state index in [1.54, 1.807) is 17.0 Å². The zero-order valence-electron chi connectivity index (χ0n) is 15.3. The van der Waals surface area contributed by atoms with E-state index in [4.69, 9.17) is 16.3 Å². The van der Waals surface area contributed by atoms with Crippen LogP contribution >= 0.6 is 11.6 Å². The summed E-state index contributed by atoms with van der Waals surface area (Å²) in [6.45, 7) is 0. The van der Waals surface area contributed by atoms with Gasteiger partial charge in [-0.1, -0.05) is 11.6 Å². The summed E-state index contributed by atoms with van der Waals surface area (Å²) in [5.41, 5.74) is -0.756. The van der Waals surface area contributed by atoms with Gasteiger partial charge in [0.25, 0.3) is 5.91 Å². The van der Waals surface area contributed by atoms with E-state index >= 15 is 0 Å². The van der Waals surface area contributed by atoms with Gasteiger partial charge in [-0.05, 0) is 25.3 Å². The van der Waals surface area contributed by atoms with Crippen LogP contribution in [0.15, 0.2) is 24.5 Å². The molecule has 1 N–H and O–H groups in total. The quantitative estimate of drug-likeness (QED) is 0.753. The number of ether oxygens (including phenoxy) is 1. The molecule has 0 unspecified atom stereocenters. The number of anilines is 1. The van der Waals surface area contributed by atoms with Crippen molar-refractivity contribution >= 4 is 23.3 Å². The van der Waals surface area contributed by atoms with Gasteiger partial charge >= 0.3 is 6.18 Å². The minimum atomic E-state index is -4.53. The fourth-order valence-corrected chi connectivity index (χ4v) is 4.26. The van der Waals surface area contributed by atoms with Gasteiger partial charge in [0.15, 0.2) is 5.69 Å². The average Bonchev–Trinajstić information content (AvgIpc) is 3.24. The molecule has 2 saturated heterocycles. The van der Waals surface area contributed by atoms with Gasteiger partial charge in [-0.15, -0.1) is 0 Å². The number of pyridine rings is 1. The molecule has 0 aromatic carbocycles. The summed E-state index contributed by atoms with van der Waals surface area (Å²) < 4.78 is 42.9. The predicted molar refractivity (Wildman–Crippen MR) is 97.8 cm³/mol. The summed E-state index contributed by atoms with van der Waals surface area (Å²) in [4.78, 5) is 26.1. The maximum absolute atomic E-state index is 13.1. The fraction of sp³-hybridized carbons (Fsp3) is 0.444. The van der Waals surface area contributed by atoms with Gasteiger partial charge in [0.1, 0.15) is 11.0 Å². The largest absolute Gasteiger partial charge is 0.481 e. The van der Waals surface area contributed by atoms with Crippen LogP contribution in [0.5, 0.6) is 5.88 Å². The lowest BCUT2D eigenvalue weighted by atomic mass is 9.95. The second kappa shape index (κ2) is 7.33. The molecule has 1 amide bonds. The number of rotatable bonds is 4. The van der Waals surface area contributed by atoms with Crippen LogP contribution in [0.4, 0.5) is 19.0 Å². The standard InChI is InChI=1S/C18H17ClF3N5O2/c1-29-15-5-3-10(16(19)26-15)17(28)27-9-2-4-12(27)11(6-9)25-14-8-23-13(7-24-14)18(20,21)22/h3,5,7-9,11-12H,2,4,6H2,1H3,(H,24,25)/t9-,11-,12+/m1/s1. The van der Waals surface area contributed by atoms with E-state index in [1.807, 2.05) is 0 Å². The normalized spacial score (nSPS) is 23.3. The van der Waals surface area contributed by atoms with Crippen molar-refractivity contribution in [2.45, 2.75) is 43.6 Å². The van der Waals surface area contributed by atoms with E-state index < -0.39 is 11.9 Å². The van der Waals surface area contributed by atoms with Crippen LogP contribution in [0.25, 0.3) is 0 Å². The number of carbonyl (C=O) groups is 1. The Bertz CT molecular complexity index is 925. The predicted octanol–water partition coefficient (Wildman–Crippen LogP) is 3.41. The van der Waals surface area contributed by atoms with Gasteiger partial charge in [-0.3, -0.25) is 4.79 Å². The van der Waals surface area contributed by atoms with Gasteiger partial charge in [-0.25, -0.2) is 15.0 Å². The van der Waals surface area contributed by atoms with Gasteiger partial charge in [-0.2, -0.15) is 13.2 Å². The third-order valence-electron chi connectivity index (χ3n) is 5.31. The summed E-state index contributed by atoms with van der Waals surface area (Å²) in [5.74, 6) is 0.337. The van der Waals surface area contributed by atoms with E-state index in [9.17, 15) is 18.0 Å². The molecule has 0 radical (unpaired) electrons. The van der Waals surface area contributed by atoms with Crippen molar-refractivity contribution in [1.82, 2.24) is 19.9 Å². The molecule has 7 nitrogen and oxygen atoms in total. The molecule has 29 heavy (non-hydrogen) atoms. The SMILES string of the molecule is COc1ccc(C(=O)N2[C@@H]3CC[C@H]2[C@H](Nc2cnc(C(F)(F)F)cn2)C3)c(Cl)n1. The molecule has 2 aliphatic heterocycles. The molecule has 2 aromatic heterocycles. The Labute approximate surface area is 169 Å². The number of halogens is 4. The molecule has 3 atom stereocenters. The summed E-state index contributed by atoms with van der Waals surface area (Å²) in [6, 6.07) is 2.93.